The average molecular weight is 259 g/mol. The molecule has 0 spiro atoms. The molecule has 0 aliphatic rings. The van der Waals surface area contributed by atoms with E-state index in [-0.39, 0.29) is 0 Å². The summed E-state index contributed by atoms with van der Waals surface area (Å²) in [7, 11) is 1.97. The summed E-state index contributed by atoms with van der Waals surface area (Å²) in [6, 6.07) is 1.72. The van der Waals surface area contributed by atoms with Crippen LogP contribution in [0.2, 0.25) is 0 Å². The van der Waals surface area contributed by atoms with E-state index in [1.807, 2.05) is 25.6 Å². The zero-order valence-electron chi connectivity index (χ0n) is 10.9. The van der Waals surface area contributed by atoms with Crippen LogP contribution < -0.4 is 5.32 Å². The molecule has 1 rings (SSSR count). The molecule has 5 nitrogen and oxygen atoms in total. The van der Waals surface area contributed by atoms with Gasteiger partial charge in [-0.3, -0.25) is 0 Å². The molecule has 0 unspecified atom stereocenters. The van der Waals surface area contributed by atoms with Gasteiger partial charge in [0.15, 0.2) is 0 Å². The van der Waals surface area contributed by atoms with Gasteiger partial charge in [0.25, 0.3) is 0 Å². The largest absolute Gasteiger partial charge is 0.352 e. The molecule has 17 heavy (non-hydrogen) atoms. The van der Waals surface area contributed by atoms with Crippen LogP contribution >= 0.6 is 0 Å². The molecule has 0 amide bonds. The molecule has 0 atom stereocenters. The van der Waals surface area contributed by atoms with Crippen LogP contribution in [0.15, 0.2) is 17.2 Å². The van der Waals surface area contributed by atoms with E-state index in [4.69, 9.17) is 0 Å². The van der Waals surface area contributed by atoms with Crippen molar-refractivity contribution in [2.24, 2.45) is 7.05 Å². The minimum Gasteiger partial charge on any atom is -0.352 e. The zero-order chi connectivity index (χ0) is 13.1. The van der Waals surface area contributed by atoms with Gasteiger partial charge in [0, 0.05) is 39.1 Å². The number of hydrogen-bond acceptors (Lipinski definition) is 3. The van der Waals surface area contributed by atoms with Gasteiger partial charge in [0.1, 0.15) is 4.90 Å². The van der Waals surface area contributed by atoms with Gasteiger partial charge in [-0.2, -0.15) is 0 Å². The number of rotatable bonds is 6. The third kappa shape index (κ3) is 3.08. The van der Waals surface area contributed by atoms with Crippen LogP contribution in [0.1, 0.15) is 19.0 Å². The first-order valence-corrected chi connectivity index (χ1v) is 7.13. The Bertz CT molecular complexity index is 465. The van der Waals surface area contributed by atoms with E-state index in [1.165, 1.54) is 4.31 Å². The molecule has 0 bridgehead atoms. The summed E-state index contributed by atoms with van der Waals surface area (Å²) in [5.41, 5.74) is 0.955. The van der Waals surface area contributed by atoms with Crippen LogP contribution in [0.5, 0.6) is 0 Å². The number of aromatic nitrogens is 1. The molecule has 0 aliphatic heterocycles. The molecule has 0 aromatic carbocycles. The molecule has 6 heteroatoms. The minimum absolute atomic E-state index is 0.362. The Labute approximate surface area is 103 Å². The molecule has 98 valence electrons. The normalized spacial score (nSPS) is 12.3. The fraction of sp³-hybridized carbons (Fsp3) is 0.636. The summed E-state index contributed by atoms with van der Waals surface area (Å²) in [5.74, 6) is 0. The third-order valence-electron chi connectivity index (χ3n) is 2.69. The van der Waals surface area contributed by atoms with E-state index in [9.17, 15) is 8.42 Å². The van der Waals surface area contributed by atoms with Gasteiger partial charge in [-0.1, -0.05) is 6.92 Å². The van der Waals surface area contributed by atoms with Gasteiger partial charge in [0.05, 0.1) is 0 Å². The maximum absolute atomic E-state index is 12.2. The van der Waals surface area contributed by atoms with E-state index < -0.39 is 10.0 Å². The van der Waals surface area contributed by atoms with Crippen LogP contribution in [-0.4, -0.2) is 37.9 Å². The first-order valence-electron chi connectivity index (χ1n) is 5.69. The summed E-state index contributed by atoms with van der Waals surface area (Å²) in [6.45, 7) is 3.16. The fourth-order valence-electron chi connectivity index (χ4n) is 1.69. The van der Waals surface area contributed by atoms with Gasteiger partial charge in [-0.25, -0.2) is 12.7 Å². The highest BCUT2D eigenvalue weighted by atomic mass is 32.2. The van der Waals surface area contributed by atoms with Gasteiger partial charge >= 0.3 is 0 Å². The summed E-state index contributed by atoms with van der Waals surface area (Å²) >= 11 is 0. The van der Waals surface area contributed by atoms with E-state index in [0.717, 1.165) is 12.1 Å². The lowest BCUT2D eigenvalue weighted by Gasteiger charge is -2.14. The Morgan fingerprint density at radius 2 is 2.12 bits per heavy atom. The number of nitrogens with zero attached hydrogens (tertiary/aromatic N) is 2. The first kappa shape index (κ1) is 14.2. The number of sulfonamides is 1. The smallest absolute Gasteiger partial charge is 0.244 e. The summed E-state index contributed by atoms with van der Waals surface area (Å²) in [4.78, 5) is 0.362. The van der Waals surface area contributed by atoms with Crippen LogP contribution in [0.4, 0.5) is 0 Å². The highest BCUT2D eigenvalue weighted by Crippen LogP contribution is 2.17. The average Bonchev–Trinajstić information content (AvgIpc) is 2.62. The standard InChI is InChI=1S/C11H21N3O2S/c1-5-6-14(4)17(15,16)11-7-10(8-12-2)13(3)9-11/h7,9,12H,5-6,8H2,1-4H3. The van der Waals surface area contributed by atoms with Crippen molar-refractivity contribution in [1.82, 2.24) is 14.2 Å². The lowest BCUT2D eigenvalue weighted by Crippen LogP contribution is -2.27. The summed E-state index contributed by atoms with van der Waals surface area (Å²) in [6.07, 6.45) is 2.47. The molecule has 0 saturated heterocycles. The Morgan fingerprint density at radius 3 is 2.65 bits per heavy atom. The van der Waals surface area contributed by atoms with Gasteiger partial charge < -0.3 is 9.88 Å². The number of nitrogens with one attached hydrogen (secondary N) is 1. The van der Waals surface area contributed by atoms with Crippen LogP contribution in [-0.2, 0) is 23.6 Å². The van der Waals surface area contributed by atoms with E-state index in [2.05, 4.69) is 5.32 Å². The quantitative estimate of drug-likeness (QED) is 0.821. The van der Waals surface area contributed by atoms with Gasteiger partial charge in [-0.05, 0) is 19.5 Å². The zero-order valence-corrected chi connectivity index (χ0v) is 11.7. The topological polar surface area (TPSA) is 54.3 Å². The van der Waals surface area contributed by atoms with Crippen LogP contribution in [0, 0.1) is 0 Å². The van der Waals surface area contributed by atoms with Crippen molar-refractivity contribution in [3.63, 3.8) is 0 Å². The Balaban J connectivity index is 3.03. The molecule has 1 heterocycles. The van der Waals surface area contributed by atoms with Crippen molar-refractivity contribution in [1.29, 1.82) is 0 Å². The van der Waals surface area contributed by atoms with Crippen LogP contribution in [0.25, 0.3) is 0 Å². The van der Waals surface area contributed by atoms with Gasteiger partial charge in [-0.15, -0.1) is 0 Å². The molecule has 0 fully saturated rings. The molecule has 0 aliphatic carbocycles. The predicted octanol–water partition coefficient (Wildman–Crippen LogP) is 0.775. The van der Waals surface area contributed by atoms with Crippen molar-refractivity contribution < 1.29 is 8.42 Å². The summed E-state index contributed by atoms with van der Waals surface area (Å²) < 4.78 is 27.6. The van der Waals surface area contributed by atoms with Crippen molar-refractivity contribution in [3.8, 4) is 0 Å². The highest BCUT2D eigenvalue weighted by Gasteiger charge is 2.22. The Morgan fingerprint density at radius 1 is 1.47 bits per heavy atom. The number of aryl methyl sites for hydroxylation is 1. The molecular formula is C11H21N3O2S. The summed E-state index contributed by atoms with van der Waals surface area (Å²) in [5, 5.41) is 3.01. The fourth-order valence-corrected chi connectivity index (χ4v) is 3.05. The second-order valence-corrected chi connectivity index (χ2v) is 6.18. The second kappa shape index (κ2) is 5.66. The predicted molar refractivity (Wildman–Crippen MR) is 68.3 cm³/mol. The maximum Gasteiger partial charge on any atom is 0.244 e. The monoisotopic (exact) mass is 259 g/mol. The highest BCUT2D eigenvalue weighted by molar-refractivity contribution is 7.89. The van der Waals surface area contributed by atoms with E-state index in [0.29, 0.717) is 18.0 Å². The maximum atomic E-state index is 12.2. The van der Waals surface area contributed by atoms with Crippen molar-refractivity contribution in [3.05, 3.63) is 18.0 Å². The molecule has 0 saturated carbocycles. The Hall–Kier alpha value is -0.850. The Kier molecular flexibility index (Phi) is 4.73. The molecule has 1 aromatic rings. The lowest BCUT2D eigenvalue weighted by atomic mass is 10.4. The second-order valence-electron chi connectivity index (χ2n) is 4.13. The van der Waals surface area contributed by atoms with E-state index in [1.54, 1.807) is 19.3 Å². The lowest BCUT2D eigenvalue weighted by molar-refractivity contribution is 0.468. The van der Waals surface area contributed by atoms with Crippen molar-refractivity contribution in [2.75, 3.05) is 20.6 Å². The molecule has 1 N–H and O–H groups in total. The SMILES string of the molecule is CCCN(C)S(=O)(=O)c1cc(CNC)n(C)c1. The third-order valence-corrected chi connectivity index (χ3v) is 4.51. The molecule has 1 aromatic heterocycles. The number of hydrogen-bond donors (Lipinski definition) is 1. The van der Waals surface area contributed by atoms with Gasteiger partial charge in [0.2, 0.25) is 10.0 Å². The van der Waals surface area contributed by atoms with Crippen molar-refractivity contribution in [2.45, 2.75) is 24.8 Å². The van der Waals surface area contributed by atoms with E-state index >= 15 is 0 Å². The first-order chi connectivity index (χ1) is 7.93. The van der Waals surface area contributed by atoms with Crippen molar-refractivity contribution >= 4 is 10.0 Å². The molecular weight excluding hydrogens is 238 g/mol. The molecule has 0 radical (unpaired) electrons. The van der Waals surface area contributed by atoms with Crippen LogP contribution in [0.3, 0.4) is 0 Å². The minimum atomic E-state index is -3.34.